The number of ether oxygens (including phenoxy) is 3. The molecule has 2 aliphatic rings. The minimum atomic E-state index is -2.13. The van der Waals surface area contributed by atoms with Crippen LogP contribution in [0.1, 0.15) is 28.9 Å². The summed E-state index contributed by atoms with van der Waals surface area (Å²) in [6.45, 7) is 0.0696. The van der Waals surface area contributed by atoms with Gasteiger partial charge in [-0.1, -0.05) is 12.1 Å². The normalized spacial score (nSPS) is 18.8. The number of hydrogen-bond acceptors (Lipinski definition) is 14. The number of phenols is 2. The van der Waals surface area contributed by atoms with Crippen molar-refractivity contribution in [1.29, 1.82) is 0 Å². The number of esters is 1. The topological polar surface area (TPSA) is 269 Å². The fourth-order valence-electron chi connectivity index (χ4n) is 5.22. The number of fused-ring (bicyclic) bond motifs is 2. The molecule has 1 aromatic heterocycles. The van der Waals surface area contributed by atoms with Crippen molar-refractivity contribution in [2.24, 2.45) is 0 Å². The van der Waals surface area contributed by atoms with E-state index in [1.807, 2.05) is 0 Å². The van der Waals surface area contributed by atoms with Crippen molar-refractivity contribution in [2.45, 2.75) is 24.1 Å². The number of carbonyl (C=O) groups excluding carboxylic acids is 4. The number of nitrogens with one attached hydrogen (secondary N) is 2. The minimum Gasteiger partial charge on any atom is -0.504 e. The third-order valence-corrected chi connectivity index (χ3v) is 8.99. The zero-order valence-corrected chi connectivity index (χ0v) is 26.8. The molecule has 0 bridgehead atoms. The molecule has 262 valence electrons. The zero-order chi connectivity index (χ0) is 36.5. The van der Waals surface area contributed by atoms with Crippen LogP contribution in [0.3, 0.4) is 0 Å². The highest BCUT2D eigenvalue weighted by Crippen LogP contribution is 2.47. The maximum atomic E-state index is 14.0. The molecular weight excluding hydrogens is 686 g/mol. The van der Waals surface area contributed by atoms with E-state index in [4.69, 9.17) is 23.7 Å². The fourth-order valence-corrected chi connectivity index (χ4v) is 6.64. The van der Waals surface area contributed by atoms with Gasteiger partial charge in [0, 0.05) is 31.4 Å². The lowest BCUT2D eigenvalue weighted by molar-refractivity contribution is -0.193. The van der Waals surface area contributed by atoms with Gasteiger partial charge < -0.3 is 49.7 Å². The Hall–Kier alpha value is -6.08. The molecule has 0 saturated carbocycles. The number of methoxy groups -OCH3 is 1. The molecule has 5 rings (SSSR count). The maximum absolute atomic E-state index is 14.0. The van der Waals surface area contributed by atoms with Gasteiger partial charge in [0.2, 0.25) is 11.3 Å². The van der Waals surface area contributed by atoms with Crippen molar-refractivity contribution in [1.82, 2.24) is 15.5 Å². The largest absolute Gasteiger partial charge is 0.504 e. The lowest BCUT2D eigenvalue weighted by Crippen LogP contribution is -2.81. The third-order valence-electron chi connectivity index (χ3n) is 7.62. The first-order valence-electron chi connectivity index (χ1n) is 14.3. The van der Waals surface area contributed by atoms with Crippen LogP contribution in [0.25, 0.3) is 11.0 Å². The first-order valence-corrected chi connectivity index (χ1v) is 15.4. The Bertz CT molecular complexity index is 2030. The fraction of sp³-hybridized carbons (Fsp3) is 0.258. The Balaban J connectivity index is 1.47. The van der Waals surface area contributed by atoms with Crippen molar-refractivity contribution in [3.8, 4) is 17.2 Å². The van der Waals surface area contributed by atoms with Gasteiger partial charge in [-0.25, -0.2) is 9.59 Å². The summed E-state index contributed by atoms with van der Waals surface area (Å²) in [5.74, 6) is -7.74. The second-order valence-electron chi connectivity index (χ2n) is 10.8. The smallest absolute Gasteiger partial charge is 0.352 e. The number of thioether (sulfide) groups is 1. The second-order valence-corrected chi connectivity index (χ2v) is 11.8. The van der Waals surface area contributed by atoms with E-state index in [1.54, 1.807) is 0 Å². The highest BCUT2D eigenvalue weighted by atomic mass is 32.2. The van der Waals surface area contributed by atoms with E-state index >= 15 is 0 Å². The average Bonchev–Trinajstić information content (AvgIpc) is 3.08. The van der Waals surface area contributed by atoms with Crippen LogP contribution in [-0.2, 0) is 33.4 Å². The molecule has 19 heteroatoms. The third kappa shape index (κ3) is 6.50. The summed E-state index contributed by atoms with van der Waals surface area (Å²) in [5, 5.41) is 41.9. The van der Waals surface area contributed by atoms with E-state index in [0.717, 1.165) is 49.1 Å². The summed E-state index contributed by atoms with van der Waals surface area (Å²) in [7, 11) is 1.10. The van der Waals surface area contributed by atoms with Crippen LogP contribution in [0.4, 0.5) is 0 Å². The number of β-lactam (4-membered cyclic amide) rings is 1. The molecule has 50 heavy (non-hydrogen) atoms. The van der Waals surface area contributed by atoms with E-state index in [2.05, 4.69) is 10.6 Å². The van der Waals surface area contributed by atoms with Crippen molar-refractivity contribution < 1.29 is 67.8 Å². The molecule has 2 aliphatic heterocycles. The van der Waals surface area contributed by atoms with Crippen molar-refractivity contribution in [3.63, 3.8) is 0 Å². The molecule has 2 aromatic carbocycles. The number of nitrogens with zero attached hydrogens (tertiary/aromatic N) is 1. The van der Waals surface area contributed by atoms with Crippen molar-refractivity contribution in [2.75, 3.05) is 26.1 Å². The Kier molecular flexibility index (Phi) is 9.73. The standard InChI is InChI=1S/C31H27N3O15S/c1-13(35)47-9-15-12-50-30-31(46-2,29(45)34(30)24(15)28(43)44)33-27(42)23(14-3-5-16(6-4-14)48-11-22(38)39)32-26(41)18-10-49-21-8-20(37)19(36)7-17(21)25(18)40/h3-8,10,23,30,36-37H,9,11-12H2,1-2H3,(H,32,41)(H,33,42)(H,38,39)(H,43,44)/t23?,30-,31+/m1/s1. The van der Waals surface area contributed by atoms with Crippen molar-refractivity contribution >= 4 is 58.4 Å². The van der Waals surface area contributed by atoms with Crippen LogP contribution >= 0.6 is 11.8 Å². The van der Waals surface area contributed by atoms with Crippen LogP contribution in [0.5, 0.6) is 17.2 Å². The van der Waals surface area contributed by atoms with Gasteiger partial charge in [0.25, 0.3) is 17.5 Å². The molecule has 6 N–H and O–H groups in total. The van der Waals surface area contributed by atoms with Crippen molar-refractivity contribution in [3.05, 3.63) is 75.3 Å². The maximum Gasteiger partial charge on any atom is 0.352 e. The molecule has 3 atom stereocenters. The second kappa shape index (κ2) is 13.8. The molecule has 1 unspecified atom stereocenters. The summed E-state index contributed by atoms with van der Waals surface area (Å²) >= 11 is 1.01. The number of carboxylic acid groups (broad SMARTS) is 2. The number of rotatable bonds is 12. The monoisotopic (exact) mass is 713 g/mol. The lowest BCUT2D eigenvalue weighted by Gasteiger charge is -2.56. The Morgan fingerprint density at radius 3 is 2.38 bits per heavy atom. The number of benzene rings is 2. The molecule has 0 spiro atoms. The van der Waals surface area contributed by atoms with Gasteiger partial charge in [-0.2, -0.15) is 0 Å². The summed E-state index contributed by atoms with van der Waals surface area (Å²) in [4.78, 5) is 89.6. The van der Waals surface area contributed by atoms with E-state index in [9.17, 15) is 48.9 Å². The van der Waals surface area contributed by atoms with Gasteiger partial charge in [-0.15, -0.1) is 11.8 Å². The summed E-state index contributed by atoms with van der Waals surface area (Å²) < 4.78 is 20.8. The highest BCUT2D eigenvalue weighted by Gasteiger charge is 2.67. The van der Waals surface area contributed by atoms with Gasteiger partial charge in [0.05, 0.1) is 5.39 Å². The van der Waals surface area contributed by atoms with Gasteiger partial charge in [0.15, 0.2) is 18.1 Å². The minimum absolute atomic E-state index is 0.0205. The quantitative estimate of drug-likeness (QED) is 0.0642. The molecule has 3 heterocycles. The first-order chi connectivity index (χ1) is 23.7. The highest BCUT2D eigenvalue weighted by molar-refractivity contribution is 8.00. The molecule has 0 radical (unpaired) electrons. The van der Waals surface area contributed by atoms with Gasteiger partial charge in [-0.3, -0.25) is 28.9 Å². The number of aliphatic carboxylic acids is 2. The van der Waals surface area contributed by atoms with E-state index in [0.29, 0.717) is 0 Å². The summed E-state index contributed by atoms with van der Waals surface area (Å²) in [6, 6.07) is 5.41. The molecule has 18 nitrogen and oxygen atoms in total. The number of carboxylic acids is 2. The Labute approximate surface area is 284 Å². The lowest BCUT2D eigenvalue weighted by atomic mass is 9.96. The first kappa shape index (κ1) is 35.2. The average molecular weight is 714 g/mol. The molecule has 1 saturated heterocycles. The molecule has 3 aromatic rings. The SMILES string of the molecule is CO[C@@]1(NC(=O)C(NC(=O)c2coc3cc(O)c(O)cc3c2=O)c2ccc(OCC(=O)O)cc2)C(=O)N2C(C(=O)O)=C(COC(C)=O)CS[C@@H]21. The Morgan fingerprint density at radius 1 is 1.08 bits per heavy atom. The van der Waals surface area contributed by atoms with Gasteiger partial charge in [-0.05, 0) is 23.8 Å². The predicted octanol–water partition coefficient (Wildman–Crippen LogP) is 0.415. The molecular formula is C31H27N3O15S. The van der Waals surface area contributed by atoms with Gasteiger partial charge >= 0.3 is 17.9 Å². The Morgan fingerprint density at radius 2 is 1.76 bits per heavy atom. The van der Waals surface area contributed by atoms with E-state index < -0.39 is 94.2 Å². The number of amides is 3. The number of aromatic hydroxyl groups is 2. The van der Waals surface area contributed by atoms with Crippen LogP contribution in [0.15, 0.2) is 63.1 Å². The number of hydrogen-bond donors (Lipinski definition) is 6. The number of phenolic OH excluding ortho intramolecular Hbond substituents is 2. The van der Waals surface area contributed by atoms with Crippen LogP contribution in [0.2, 0.25) is 0 Å². The zero-order valence-electron chi connectivity index (χ0n) is 26.0. The van der Waals surface area contributed by atoms with Crippen LogP contribution < -0.4 is 20.8 Å². The predicted molar refractivity (Wildman–Crippen MR) is 168 cm³/mol. The molecule has 3 amide bonds. The van der Waals surface area contributed by atoms with Crippen LogP contribution in [-0.4, -0.2) is 98.1 Å². The van der Waals surface area contributed by atoms with E-state index in [-0.39, 0.29) is 33.6 Å². The molecule has 1 fully saturated rings. The number of carbonyl (C=O) groups is 6. The van der Waals surface area contributed by atoms with E-state index in [1.165, 1.54) is 24.3 Å². The summed E-state index contributed by atoms with van der Waals surface area (Å²) in [5.41, 5.74) is -4.08. The van der Waals surface area contributed by atoms with Gasteiger partial charge in [0.1, 0.15) is 46.9 Å². The summed E-state index contributed by atoms with van der Waals surface area (Å²) in [6.07, 6.45) is 0.782. The molecule has 0 aliphatic carbocycles. The van der Waals surface area contributed by atoms with Crippen LogP contribution in [0, 0.1) is 0 Å².